The van der Waals surface area contributed by atoms with Crippen LogP contribution >= 0.6 is 0 Å². The van der Waals surface area contributed by atoms with E-state index >= 15 is 0 Å². The Morgan fingerprint density at radius 1 is 1.35 bits per heavy atom. The SMILES string of the molecule is COCCC(C)N1CC(Cc2ccccc2)NCC1C. The van der Waals surface area contributed by atoms with Crippen LogP contribution in [0.1, 0.15) is 25.8 Å². The number of benzene rings is 1. The van der Waals surface area contributed by atoms with Crippen LogP contribution in [-0.4, -0.2) is 49.8 Å². The molecule has 0 bridgehead atoms. The van der Waals surface area contributed by atoms with E-state index in [1.54, 1.807) is 7.11 Å². The first-order chi connectivity index (χ1) is 9.70. The molecule has 0 amide bonds. The maximum absolute atomic E-state index is 5.22. The predicted molar refractivity (Wildman–Crippen MR) is 84.1 cm³/mol. The Bertz CT molecular complexity index is 382. The Morgan fingerprint density at radius 2 is 2.10 bits per heavy atom. The van der Waals surface area contributed by atoms with Crippen LogP contribution in [0.2, 0.25) is 0 Å². The highest BCUT2D eigenvalue weighted by Crippen LogP contribution is 2.16. The molecule has 1 aliphatic heterocycles. The third-order valence-corrected chi connectivity index (χ3v) is 4.33. The van der Waals surface area contributed by atoms with Gasteiger partial charge in [-0.25, -0.2) is 0 Å². The van der Waals surface area contributed by atoms with Crippen LogP contribution in [0.5, 0.6) is 0 Å². The highest BCUT2D eigenvalue weighted by molar-refractivity contribution is 5.16. The van der Waals surface area contributed by atoms with Gasteiger partial charge in [-0.2, -0.15) is 0 Å². The van der Waals surface area contributed by atoms with Crippen molar-refractivity contribution < 1.29 is 4.74 Å². The van der Waals surface area contributed by atoms with Gasteiger partial charge in [-0.1, -0.05) is 30.3 Å². The maximum Gasteiger partial charge on any atom is 0.0477 e. The third kappa shape index (κ3) is 4.30. The molecule has 3 heteroatoms. The molecule has 1 N–H and O–H groups in total. The van der Waals surface area contributed by atoms with E-state index in [-0.39, 0.29) is 0 Å². The number of methoxy groups -OCH3 is 1. The molecule has 1 aromatic rings. The summed E-state index contributed by atoms with van der Waals surface area (Å²) in [5, 5.41) is 3.69. The molecule has 2 rings (SSSR count). The van der Waals surface area contributed by atoms with Crippen molar-refractivity contribution in [3.63, 3.8) is 0 Å². The van der Waals surface area contributed by atoms with E-state index in [9.17, 15) is 0 Å². The highest BCUT2D eigenvalue weighted by Gasteiger charge is 2.28. The molecular formula is C17H28N2O. The highest BCUT2D eigenvalue weighted by atomic mass is 16.5. The lowest BCUT2D eigenvalue weighted by Crippen LogP contribution is -2.58. The van der Waals surface area contributed by atoms with Gasteiger partial charge in [-0.15, -0.1) is 0 Å². The van der Waals surface area contributed by atoms with E-state index in [2.05, 4.69) is 54.4 Å². The van der Waals surface area contributed by atoms with E-state index < -0.39 is 0 Å². The van der Waals surface area contributed by atoms with Crippen molar-refractivity contribution in [3.05, 3.63) is 35.9 Å². The van der Waals surface area contributed by atoms with Crippen LogP contribution in [0, 0.1) is 0 Å². The number of hydrogen-bond donors (Lipinski definition) is 1. The molecule has 20 heavy (non-hydrogen) atoms. The van der Waals surface area contributed by atoms with Crippen molar-refractivity contribution in [2.24, 2.45) is 0 Å². The summed E-state index contributed by atoms with van der Waals surface area (Å²) >= 11 is 0. The minimum Gasteiger partial charge on any atom is -0.385 e. The van der Waals surface area contributed by atoms with Crippen molar-refractivity contribution in [2.45, 2.75) is 44.8 Å². The van der Waals surface area contributed by atoms with Gasteiger partial charge >= 0.3 is 0 Å². The number of nitrogens with zero attached hydrogens (tertiary/aromatic N) is 1. The molecule has 0 saturated carbocycles. The quantitative estimate of drug-likeness (QED) is 0.863. The van der Waals surface area contributed by atoms with Crippen LogP contribution in [-0.2, 0) is 11.2 Å². The van der Waals surface area contributed by atoms with Crippen LogP contribution < -0.4 is 5.32 Å². The Balaban J connectivity index is 1.90. The summed E-state index contributed by atoms with van der Waals surface area (Å²) in [6, 6.07) is 12.5. The van der Waals surface area contributed by atoms with Gasteiger partial charge in [0.15, 0.2) is 0 Å². The topological polar surface area (TPSA) is 24.5 Å². The van der Waals surface area contributed by atoms with E-state index in [4.69, 9.17) is 4.74 Å². The molecule has 1 saturated heterocycles. The van der Waals surface area contributed by atoms with Crippen molar-refractivity contribution >= 4 is 0 Å². The Morgan fingerprint density at radius 3 is 2.80 bits per heavy atom. The largest absolute Gasteiger partial charge is 0.385 e. The normalized spacial score (nSPS) is 25.6. The molecule has 1 aromatic carbocycles. The molecule has 3 unspecified atom stereocenters. The fourth-order valence-corrected chi connectivity index (χ4v) is 3.06. The Kier molecular flexibility index (Phi) is 6.02. The summed E-state index contributed by atoms with van der Waals surface area (Å²) in [7, 11) is 1.78. The fourth-order valence-electron chi connectivity index (χ4n) is 3.06. The summed E-state index contributed by atoms with van der Waals surface area (Å²) in [5.41, 5.74) is 1.42. The van der Waals surface area contributed by atoms with Crippen molar-refractivity contribution in [3.8, 4) is 0 Å². The first-order valence-corrected chi connectivity index (χ1v) is 7.72. The second-order valence-electron chi connectivity index (χ2n) is 5.97. The molecule has 0 spiro atoms. The van der Waals surface area contributed by atoms with E-state index in [1.807, 2.05) is 0 Å². The smallest absolute Gasteiger partial charge is 0.0477 e. The summed E-state index contributed by atoms with van der Waals surface area (Å²) in [6.45, 7) is 7.69. The molecule has 0 aliphatic carbocycles. The van der Waals surface area contributed by atoms with Crippen LogP contribution in [0.25, 0.3) is 0 Å². The average molecular weight is 276 g/mol. The first-order valence-electron chi connectivity index (χ1n) is 7.72. The van der Waals surface area contributed by atoms with E-state index in [1.165, 1.54) is 5.56 Å². The molecule has 3 nitrogen and oxygen atoms in total. The lowest BCUT2D eigenvalue weighted by Gasteiger charge is -2.42. The second-order valence-corrected chi connectivity index (χ2v) is 5.97. The molecule has 1 fully saturated rings. The van der Waals surface area contributed by atoms with Crippen molar-refractivity contribution in [2.75, 3.05) is 26.8 Å². The molecule has 1 aliphatic rings. The zero-order chi connectivity index (χ0) is 14.4. The zero-order valence-electron chi connectivity index (χ0n) is 13.0. The van der Waals surface area contributed by atoms with Gasteiger partial charge in [-0.05, 0) is 32.3 Å². The van der Waals surface area contributed by atoms with Gasteiger partial charge < -0.3 is 10.1 Å². The van der Waals surface area contributed by atoms with E-state index in [0.717, 1.165) is 32.5 Å². The minimum absolute atomic E-state index is 0.554. The summed E-state index contributed by atoms with van der Waals surface area (Å²) in [6.07, 6.45) is 2.22. The Hall–Kier alpha value is -0.900. The number of rotatable bonds is 6. The molecule has 112 valence electrons. The van der Waals surface area contributed by atoms with Crippen molar-refractivity contribution in [1.29, 1.82) is 0 Å². The summed E-state index contributed by atoms with van der Waals surface area (Å²) in [4.78, 5) is 2.63. The second kappa shape index (κ2) is 7.77. The van der Waals surface area contributed by atoms with Gasteiger partial charge in [-0.3, -0.25) is 4.90 Å². The van der Waals surface area contributed by atoms with Crippen molar-refractivity contribution in [1.82, 2.24) is 10.2 Å². The third-order valence-electron chi connectivity index (χ3n) is 4.33. The van der Waals surface area contributed by atoms with Gasteiger partial charge in [0.25, 0.3) is 0 Å². The summed E-state index contributed by atoms with van der Waals surface area (Å²) < 4.78 is 5.22. The lowest BCUT2D eigenvalue weighted by atomic mass is 10.00. The molecule has 0 aromatic heterocycles. The van der Waals surface area contributed by atoms with Gasteiger partial charge in [0.05, 0.1) is 0 Å². The van der Waals surface area contributed by atoms with Crippen LogP contribution in [0.3, 0.4) is 0 Å². The average Bonchev–Trinajstić information content (AvgIpc) is 2.48. The molecular weight excluding hydrogens is 248 g/mol. The molecule has 0 radical (unpaired) electrons. The van der Waals surface area contributed by atoms with Gasteiger partial charge in [0.2, 0.25) is 0 Å². The first kappa shape index (κ1) is 15.5. The molecule has 1 heterocycles. The lowest BCUT2D eigenvalue weighted by molar-refractivity contribution is 0.0756. The number of hydrogen-bond acceptors (Lipinski definition) is 3. The standard InChI is InChI=1S/C17H28N2O/c1-14(9-10-20-3)19-13-17(18-12-15(19)2)11-16-7-5-4-6-8-16/h4-8,14-15,17-18H,9-13H2,1-3H3. The fraction of sp³-hybridized carbons (Fsp3) is 0.647. The molecule has 3 atom stereocenters. The maximum atomic E-state index is 5.22. The number of piperazine rings is 1. The summed E-state index contributed by atoms with van der Waals surface area (Å²) in [5.74, 6) is 0. The van der Waals surface area contributed by atoms with Gasteiger partial charge in [0.1, 0.15) is 0 Å². The zero-order valence-corrected chi connectivity index (χ0v) is 13.0. The minimum atomic E-state index is 0.554. The van der Waals surface area contributed by atoms with Crippen LogP contribution in [0.4, 0.5) is 0 Å². The monoisotopic (exact) mass is 276 g/mol. The van der Waals surface area contributed by atoms with Crippen LogP contribution in [0.15, 0.2) is 30.3 Å². The Labute approximate surface area is 123 Å². The number of ether oxygens (including phenoxy) is 1. The van der Waals surface area contributed by atoms with Gasteiger partial charge in [0, 0.05) is 44.9 Å². The number of nitrogens with one attached hydrogen (secondary N) is 1. The predicted octanol–water partition coefficient (Wildman–Crippen LogP) is 2.32. The van der Waals surface area contributed by atoms with E-state index in [0.29, 0.717) is 18.1 Å².